The normalized spacial score (nSPS) is 14.6. The van der Waals surface area contributed by atoms with Crippen molar-refractivity contribution in [1.82, 2.24) is 24.4 Å². The first kappa shape index (κ1) is 17.9. The van der Waals surface area contributed by atoms with E-state index in [0.29, 0.717) is 6.42 Å². The van der Waals surface area contributed by atoms with Crippen molar-refractivity contribution in [2.24, 2.45) is 0 Å². The van der Waals surface area contributed by atoms with Crippen LogP contribution in [0, 0.1) is 0 Å². The maximum Gasteiger partial charge on any atom is 0.222 e. The topological polar surface area (TPSA) is 75.9 Å². The smallest absolute Gasteiger partial charge is 0.222 e. The quantitative estimate of drug-likeness (QED) is 0.630. The molecule has 142 valence electrons. The summed E-state index contributed by atoms with van der Waals surface area (Å²) in [5.74, 6) is 1.96. The Morgan fingerprint density at radius 1 is 1.33 bits per heavy atom. The van der Waals surface area contributed by atoms with Gasteiger partial charge in [-0.2, -0.15) is 0 Å². The average molecular weight is 385 g/mol. The van der Waals surface area contributed by atoms with Crippen LogP contribution in [0.5, 0.6) is 0 Å². The predicted octanol–water partition coefficient (Wildman–Crippen LogP) is 3.56. The predicted molar refractivity (Wildman–Crippen MR) is 108 cm³/mol. The first-order valence-corrected chi connectivity index (χ1v) is 10.3. The molecule has 0 aliphatic carbocycles. The Morgan fingerprint density at radius 3 is 2.93 bits per heavy atom. The minimum Gasteiger partial charge on any atom is -0.368 e. The van der Waals surface area contributed by atoms with Crippen LogP contribution in [0.15, 0.2) is 23.8 Å². The van der Waals surface area contributed by atoms with Gasteiger partial charge in [0, 0.05) is 32.1 Å². The summed E-state index contributed by atoms with van der Waals surface area (Å²) in [5, 5.41) is 5.45. The Labute approximate surface area is 162 Å². The first-order valence-electron chi connectivity index (χ1n) is 9.43. The van der Waals surface area contributed by atoms with Gasteiger partial charge in [0.1, 0.15) is 6.33 Å². The molecule has 1 saturated heterocycles. The van der Waals surface area contributed by atoms with Crippen molar-refractivity contribution in [3.8, 4) is 10.7 Å². The van der Waals surface area contributed by atoms with Crippen molar-refractivity contribution < 1.29 is 4.79 Å². The van der Waals surface area contributed by atoms with Gasteiger partial charge in [-0.05, 0) is 38.1 Å². The SMILES string of the molecule is CC(C)n1c(-c2cccs2)nc2c(NCCCN3CCCC3=O)ncnc21. The third-order valence-electron chi connectivity index (χ3n) is 4.80. The zero-order valence-electron chi connectivity index (χ0n) is 15.7. The van der Waals surface area contributed by atoms with Crippen LogP contribution in [0.3, 0.4) is 0 Å². The van der Waals surface area contributed by atoms with Crippen molar-refractivity contribution in [3.05, 3.63) is 23.8 Å². The van der Waals surface area contributed by atoms with Gasteiger partial charge in [-0.25, -0.2) is 15.0 Å². The summed E-state index contributed by atoms with van der Waals surface area (Å²) in [4.78, 5) is 28.5. The van der Waals surface area contributed by atoms with Crippen LogP contribution in [-0.2, 0) is 4.79 Å². The number of nitrogens with zero attached hydrogens (tertiary/aromatic N) is 5. The van der Waals surface area contributed by atoms with Gasteiger partial charge in [0.05, 0.1) is 4.88 Å². The lowest BCUT2D eigenvalue weighted by atomic mass is 10.3. The molecular weight excluding hydrogens is 360 g/mol. The molecule has 0 aromatic carbocycles. The number of carbonyl (C=O) groups excluding carboxylic acids is 1. The Hall–Kier alpha value is -2.48. The van der Waals surface area contributed by atoms with Crippen LogP contribution in [0.2, 0.25) is 0 Å². The highest BCUT2D eigenvalue weighted by Gasteiger charge is 2.21. The summed E-state index contributed by atoms with van der Waals surface area (Å²) in [6.45, 7) is 6.71. The van der Waals surface area contributed by atoms with Crippen LogP contribution in [-0.4, -0.2) is 50.0 Å². The van der Waals surface area contributed by atoms with Gasteiger partial charge in [0.25, 0.3) is 0 Å². The highest BCUT2D eigenvalue weighted by molar-refractivity contribution is 7.13. The van der Waals surface area contributed by atoms with E-state index in [1.165, 1.54) is 0 Å². The lowest BCUT2D eigenvalue weighted by Crippen LogP contribution is -2.27. The number of likely N-dealkylation sites (tertiary alicyclic amines) is 1. The van der Waals surface area contributed by atoms with E-state index in [4.69, 9.17) is 4.98 Å². The maximum absolute atomic E-state index is 11.7. The molecule has 0 spiro atoms. The fourth-order valence-electron chi connectivity index (χ4n) is 3.52. The molecule has 1 amide bonds. The van der Waals surface area contributed by atoms with Gasteiger partial charge in [-0.15, -0.1) is 11.3 Å². The molecule has 27 heavy (non-hydrogen) atoms. The number of nitrogens with one attached hydrogen (secondary N) is 1. The second-order valence-electron chi connectivity index (χ2n) is 7.04. The van der Waals surface area contributed by atoms with Crippen molar-refractivity contribution in [2.75, 3.05) is 25.0 Å². The molecule has 3 aromatic heterocycles. The standard InChI is InChI=1S/C19H24N6OS/c1-13(2)25-18(14-6-4-11-27-14)23-16-17(21-12-22-19(16)25)20-8-5-10-24-9-3-7-15(24)26/h4,6,11-13H,3,5,7-10H2,1-2H3,(H,20,21,22). The van der Waals surface area contributed by atoms with Crippen LogP contribution < -0.4 is 5.32 Å². The molecule has 3 aromatic rings. The largest absolute Gasteiger partial charge is 0.368 e. The van der Waals surface area contributed by atoms with Crippen LogP contribution in [0.1, 0.15) is 39.2 Å². The molecule has 1 fully saturated rings. The molecule has 7 nitrogen and oxygen atoms in total. The molecule has 4 heterocycles. The van der Waals surface area contributed by atoms with E-state index >= 15 is 0 Å². The van der Waals surface area contributed by atoms with Crippen LogP contribution >= 0.6 is 11.3 Å². The van der Waals surface area contributed by atoms with E-state index in [-0.39, 0.29) is 11.9 Å². The van der Waals surface area contributed by atoms with Gasteiger partial charge in [0.2, 0.25) is 5.91 Å². The third-order valence-corrected chi connectivity index (χ3v) is 5.67. The van der Waals surface area contributed by atoms with Gasteiger partial charge >= 0.3 is 0 Å². The second kappa shape index (κ2) is 7.64. The molecule has 8 heteroatoms. The average Bonchev–Trinajstić information content (AvgIpc) is 3.38. The lowest BCUT2D eigenvalue weighted by molar-refractivity contribution is -0.127. The highest BCUT2D eigenvalue weighted by atomic mass is 32.1. The summed E-state index contributed by atoms with van der Waals surface area (Å²) in [6, 6.07) is 4.36. The Bertz CT molecular complexity index is 933. The molecule has 0 unspecified atom stereocenters. The van der Waals surface area contributed by atoms with E-state index in [2.05, 4.69) is 45.1 Å². The summed E-state index contributed by atoms with van der Waals surface area (Å²) in [7, 11) is 0. The van der Waals surface area contributed by atoms with Gasteiger partial charge in [-0.3, -0.25) is 4.79 Å². The Kier molecular flexibility index (Phi) is 5.07. The number of anilines is 1. The van der Waals surface area contributed by atoms with E-state index in [9.17, 15) is 4.79 Å². The number of aromatic nitrogens is 4. The molecule has 1 N–H and O–H groups in total. The molecule has 0 bridgehead atoms. The summed E-state index contributed by atoms with van der Waals surface area (Å²) < 4.78 is 2.16. The number of thiophene rings is 1. The van der Waals surface area contributed by atoms with Gasteiger partial charge < -0.3 is 14.8 Å². The number of carbonyl (C=O) groups is 1. The van der Waals surface area contributed by atoms with E-state index in [1.807, 2.05) is 11.0 Å². The molecule has 0 radical (unpaired) electrons. The Morgan fingerprint density at radius 2 is 2.22 bits per heavy atom. The number of rotatable bonds is 7. The van der Waals surface area contributed by atoms with Crippen molar-refractivity contribution in [3.63, 3.8) is 0 Å². The van der Waals surface area contributed by atoms with E-state index in [1.54, 1.807) is 17.7 Å². The van der Waals surface area contributed by atoms with Gasteiger partial charge in [-0.1, -0.05) is 6.07 Å². The summed E-state index contributed by atoms with van der Waals surface area (Å²) in [6.07, 6.45) is 4.16. The third kappa shape index (κ3) is 3.53. The molecule has 1 aliphatic rings. The number of fused-ring (bicyclic) bond motifs is 1. The van der Waals surface area contributed by atoms with E-state index < -0.39 is 0 Å². The number of amides is 1. The minimum atomic E-state index is 0.246. The Balaban J connectivity index is 1.55. The fraction of sp³-hybridized carbons (Fsp3) is 0.474. The van der Waals surface area contributed by atoms with Gasteiger partial charge in [0.15, 0.2) is 22.8 Å². The summed E-state index contributed by atoms with van der Waals surface area (Å²) >= 11 is 1.68. The molecular formula is C19H24N6OS. The number of hydrogen-bond acceptors (Lipinski definition) is 6. The van der Waals surface area contributed by atoms with Crippen molar-refractivity contribution in [2.45, 2.75) is 39.2 Å². The van der Waals surface area contributed by atoms with Crippen LogP contribution in [0.25, 0.3) is 21.9 Å². The van der Waals surface area contributed by atoms with E-state index in [0.717, 1.165) is 60.2 Å². The molecule has 1 aliphatic heterocycles. The second-order valence-corrected chi connectivity index (χ2v) is 7.98. The molecule has 0 atom stereocenters. The number of hydrogen-bond donors (Lipinski definition) is 1. The summed E-state index contributed by atoms with van der Waals surface area (Å²) in [5.41, 5.74) is 1.65. The number of imidazole rings is 1. The maximum atomic E-state index is 11.7. The molecule has 0 saturated carbocycles. The highest BCUT2D eigenvalue weighted by Crippen LogP contribution is 2.32. The first-order chi connectivity index (χ1) is 13.1. The minimum absolute atomic E-state index is 0.246. The van der Waals surface area contributed by atoms with Crippen molar-refractivity contribution in [1.29, 1.82) is 0 Å². The fourth-order valence-corrected chi connectivity index (χ4v) is 4.23. The van der Waals surface area contributed by atoms with Crippen LogP contribution in [0.4, 0.5) is 5.82 Å². The zero-order valence-corrected chi connectivity index (χ0v) is 16.5. The zero-order chi connectivity index (χ0) is 18.8. The molecule has 4 rings (SSSR count). The van der Waals surface area contributed by atoms with Crippen molar-refractivity contribution >= 4 is 34.2 Å². The monoisotopic (exact) mass is 384 g/mol. The lowest BCUT2D eigenvalue weighted by Gasteiger charge is -2.15.